The van der Waals surface area contributed by atoms with Crippen LogP contribution in [0.4, 0.5) is 0 Å². The zero-order valence-electron chi connectivity index (χ0n) is 12.4. The first-order chi connectivity index (χ1) is 10.7. The van der Waals surface area contributed by atoms with Crippen molar-refractivity contribution in [2.24, 2.45) is 0 Å². The Morgan fingerprint density at radius 3 is 2.64 bits per heavy atom. The Labute approximate surface area is 129 Å². The third kappa shape index (κ3) is 2.58. The van der Waals surface area contributed by atoms with Crippen LogP contribution in [0.5, 0.6) is 5.75 Å². The summed E-state index contributed by atoms with van der Waals surface area (Å²) in [6.45, 7) is 1.97. The third-order valence-corrected chi connectivity index (χ3v) is 3.91. The van der Waals surface area contributed by atoms with Crippen molar-refractivity contribution in [3.63, 3.8) is 0 Å². The van der Waals surface area contributed by atoms with Gasteiger partial charge in [-0.1, -0.05) is 37.3 Å². The van der Waals surface area contributed by atoms with Crippen LogP contribution in [0.1, 0.15) is 35.2 Å². The summed E-state index contributed by atoms with van der Waals surface area (Å²) in [5.41, 5.74) is 2.16. The fourth-order valence-corrected chi connectivity index (χ4v) is 2.72. The van der Waals surface area contributed by atoms with Crippen molar-refractivity contribution in [1.29, 1.82) is 0 Å². The lowest BCUT2D eigenvalue weighted by atomic mass is 9.88. The molecule has 110 valence electrons. The summed E-state index contributed by atoms with van der Waals surface area (Å²) in [5.74, 6) is -0.345. The molecule has 0 amide bonds. The van der Waals surface area contributed by atoms with E-state index in [4.69, 9.17) is 0 Å². The molecular weight excluding hydrogens is 274 g/mol. The molecule has 3 rings (SSSR count). The predicted molar refractivity (Wildman–Crippen MR) is 87.2 cm³/mol. The second-order valence-corrected chi connectivity index (χ2v) is 5.30. The Balaban J connectivity index is 2.02. The van der Waals surface area contributed by atoms with E-state index in [1.165, 1.54) is 0 Å². The van der Waals surface area contributed by atoms with Crippen LogP contribution in [0.15, 0.2) is 60.8 Å². The third-order valence-electron chi connectivity index (χ3n) is 3.91. The van der Waals surface area contributed by atoms with Crippen molar-refractivity contribution in [3.8, 4) is 5.75 Å². The number of aromatic hydroxyl groups is 1. The molecule has 0 aliphatic rings. The number of hydrogen-bond acceptors (Lipinski definition) is 3. The van der Waals surface area contributed by atoms with Crippen LogP contribution in [0.2, 0.25) is 0 Å². The van der Waals surface area contributed by atoms with Gasteiger partial charge in [0.15, 0.2) is 5.78 Å². The number of hydrogen-bond donors (Lipinski definition) is 1. The lowest BCUT2D eigenvalue weighted by Gasteiger charge is -2.15. The summed E-state index contributed by atoms with van der Waals surface area (Å²) in [5, 5.41) is 10.9. The van der Waals surface area contributed by atoms with Gasteiger partial charge in [-0.2, -0.15) is 0 Å². The molecule has 0 spiro atoms. The second-order valence-electron chi connectivity index (χ2n) is 5.30. The fraction of sp³-hybridized carbons (Fsp3) is 0.158. The monoisotopic (exact) mass is 291 g/mol. The highest BCUT2D eigenvalue weighted by molar-refractivity contribution is 6.03. The highest BCUT2D eigenvalue weighted by Gasteiger charge is 2.23. The molecule has 0 bridgehead atoms. The van der Waals surface area contributed by atoms with Gasteiger partial charge in [-0.15, -0.1) is 0 Å². The maximum atomic E-state index is 12.7. The number of para-hydroxylation sites is 2. The predicted octanol–water partition coefficient (Wildman–Crippen LogP) is 4.32. The first kappa shape index (κ1) is 14.3. The van der Waals surface area contributed by atoms with E-state index >= 15 is 0 Å². The first-order valence-electron chi connectivity index (χ1n) is 7.37. The van der Waals surface area contributed by atoms with Gasteiger partial charge in [-0.3, -0.25) is 9.78 Å². The molecule has 0 aliphatic carbocycles. The molecule has 22 heavy (non-hydrogen) atoms. The van der Waals surface area contributed by atoms with Crippen LogP contribution in [0, 0.1) is 0 Å². The van der Waals surface area contributed by atoms with E-state index in [0.717, 1.165) is 16.5 Å². The Bertz CT molecular complexity index is 826. The van der Waals surface area contributed by atoms with Gasteiger partial charge in [0.2, 0.25) is 0 Å². The van der Waals surface area contributed by atoms with E-state index in [1.807, 2.05) is 37.3 Å². The summed E-state index contributed by atoms with van der Waals surface area (Å²) in [4.78, 5) is 17.2. The van der Waals surface area contributed by atoms with Crippen molar-refractivity contribution in [1.82, 2.24) is 4.98 Å². The summed E-state index contributed by atoms with van der Waals surface area (Å²) >= 11 is 0. The van der Waals surface area contributed by atoms with E-state index in [1.54, 1.807) is 30.5 Å². The van der Waals surface area contributed by atoms with E-state index in [-0.39, 0.29) is 17.5 Å². The topological polar surface area (TPSA) is 50.2 Å². The van der Waals surface area contributed by atoms with E-state index in [9.17, 15) is 9.90 Å². The lowest BCUT2D eigenvalue weighted by Crippen LogP contribution is -2.12. The number of fused-ring (bicyclic) bond motifs is 1. The van der Waals surface area contributed by atoms with Gasteiger partial charge in [0.05, 0.1) is 11.1 Å². The molecule has 1 atom stereocenters. The number of ketones is 1. The molecular formula is C19H17NO2. The maximum Gasteiger partial charge on any atom is 0.174 e. The summed E-state index contributed by atoms with van der Waals surface area (Å²) in [6.07, 6.45) is 2.42. The van der Waals surface area contributed by atoms with Gasteiger partial charge < -0.3 is 5.11 Å². The Morgan fingerprint density at radius 2 is 1.86 bits per heavy atom. The van der Waals surface area contributed by atoms with Gasteiger partial charge in [0, 0.05) is 17.5 Å². The quantitative estimate of drug-likeness (QED) is 0.728. The molecule has 3 aromatic rings. The van der Waals surface area contributed by atoms with Crippen LogP contribution in [-0.4, -0.2) is 15.9 Å². The largest absolute Gasteiger partial charge is 0.507 e. The number of nitrogens with zero attached hydrogens (tertiary/aromatic N) is 1. The van der Waals surface area contributed by atoms with Crippen molar-refractivity contribution in [2.45, 2.75) is 19.3 Å². The number of phenols is 1. The van der Waals surface area contributed by atoms with Gasteiger partial charge in [-0.05, 0) is 36.2 Å². The minimum absolute atomic E-state index is 0.0275. The highest BCUT2D eigenvalue weighted by atomic mass is 16.3. The van der Waals surface area contributed by atoms with Gasteiger partial charge in [-0.25, -0.2) is 0 Å². The minimum atomic E-state index is -0.301. The molecule has 0 aliphatic heterocycles. The lowest BCUT2D eigenvalue weighted by molar-refractivity contribution is 0.0954. The molecule has 3 heteroatoms. The molecule has 1 unspecified atom stereocenters. The SMILES string of the molecule is CCC(C(=O)c1ccccc1O)c1cnc2ccccc2c1. The molecule has 0 radical (unpaired) electrons. The normalized spacial score (nSPS) is 12.2. The average molecular weight is 291 g/mol. The first-order valence-corrected chi connectivity index (χ1v) is 7.37. The summed E-state index contributed by atoms with van der Waals surface area (Å²) < 4.78 is 0. The van der Waals surface area contributed by atoms with E-state index in [2.05, 4.69) is 4.98 Å². The standard InChI is InChI=1S/C19H17NO2/c1-2-15(19(22)16-8-4-6-10-18(16)21)14-11-13-7-3-5-9-17(13)20-12-14/h3-12,15,21H,2H2,1H3. The van der Waals surface area contributed by atoms with Crippen molar-refractivity contribution in [2.75, 3.05) is 0 Å². The van der Waals surface area contributed by atoms with E-state index < -0.39 is 0 Å². The smallest absolute Gasteiger partial charge is 0.174 e. The number of pyridine rings is 1. The number of benzene rings is 2. The zero-order valence-corrected chi connectivity index (χ0v) is 12.4. The highest BCUT2D eigenvalue weighted by Crippen LogP contribution is 2.29. The van der Waals surface area contributed by atoms with Crippen molar-refractivity contribution >= 4 is 16.7 Å². The van der Waals surface area contributed by atoms with Crippen LogP contribution in [0.3, 0.4) is 0 Å². The maximum absolute atomic E-state index is 12.7. The average Bonchev–Trinajstić information content (AvgIpc) is 2.55. The summed E-state index contributed by atoms with van der Waals surface area (Å²) in [7, 11) is 0. The molecule has 0 fully saturated rings. The van der Waals surface area contributed by atoms with Crippen LogP contribution in [0.25, 0.3) is 10.9 Å². The van der Waals surface area contributed by atoms with Crippen LogP contribution in [-0.2, 0) is 0 Å². The number of Topliss-reactive ketones (excluding diaryl/α,β-unsaturated/α-hetero) is 1. The second kappa shape index (κ2) is 5.98. The molecule has 0 saturated carbocycles. The zero-order chi connectivity index (χ0) is 15.5. The molecule has 1 aromatic heterocycles. The molecule has 0 saturated heterocycles. The van der Waals surface area contributed by atoms with Crippen molar-refractivity contribution in [3.05, 3.63) is 71.9 Å². The fourth-order valence-electron chi connectivity index (χ4n) is 2.72. The molecule has 1 N–H and O–H groups in total. The Kier molecular flexibility index (Phi) is 3.88. The number of carbonyl (C=O) groups excluding carboxylic acids is 1. The van der Waals surface area contributed by atoms with Crippen LogP contribution < -0.4 is 0 Å². The Hall–Kier alpha value is -2.68. The molecule has 2 aromatic carbocycles. The van der Waals surface area contributed by atoms with Crippen molar-refractivity contribution < 1.29 is 9.90 Å². The van der Waals surface area contributed by atoms with Gasteiger partial charge in [0.1, 0.15) is 5.75 Å². The Morgan fingerprint density at radius 1 is 1.14 bits per heavy atom. The van der Waals surface area contributed by atoms with E-state index in [0.29, 0.717) is 12.0 Å². The molecule has 3 nitrogen and oxygen atoms in total. The number of carbonyl (C=O) groups is 1. The number of rotatable bonds is 4. The summed E-state index contributed by atoms with van der Waals surface area (Å²) in [6, 6.07) is 16.5. The minimum Gasteiger partial charge on any atom is -0.507 e. The van der Waals surface area contributed by atoms with Gasteiger partial charge in [0.25, 0.3) is 0 Å². The van der Waals surface area contributed by atoms with Gasteiger partial charge >= 0.3 is 0 Å². The number of aromatic nitrogens is 1. The van der Waals surface area contributed by atoms with Crippen LogP contribution >= 0.6 is 0 Å². The number of phenolic OH excluding ortho intramolecular Hbond substituents is 1. The molecule has 1 heterocycles.